The van der Waals surface area contributed by atoms with Gasteiger partial charge in [-0.25, -0.2) is 0 Å². The summed E-state index contributed by atoms with van der Waals surface area (Å²) >= 11 is 0. The smallest absolute Gasteiger partial charge is 0.220 e. The number of carbonyl (C=O) groups is 1. The molecule has 1 rings (SSSR count). The highest BCUT2D eigenvalue weighted by atomic mass is 16.3. The molecule has 1 atom stereocenters. The minimum absolute atomic E-state index is 0.0612. The van der Waals surface area contributed by atoms with Gasteiger partial charge in [0.05, 0.1) is 0 Å². The van der Waals surface area contributed by atoms with E-state index in [-0.39, 0.29) is 17.6 Å². The van der Waals surface area contributed by atoms with Crippen LogP contribution in [0.3, 0.4) is 0 Å². The summed E-state index contributed by atoms with van der Waals surface area (Å²) in [5.41, 5.74) is 6.66. The summed E-state index contributed by atoms with van der Waals surface area (Å²) in [4.78, 5) is 11.6. The molecule has 0 fully saturated rings. The summed E-state index contributed by atoms with van der Waals surface area (Å²) in [5, 5.41) is 12.0. The van der Waals surface area contributed by atoms with Crippen molar-refractivity contribution in [2.45, 2.75) is 26.2 Å². The van der Waals surface area contributed by atoms with E-state index in [0.717, 1.165) is 18.4 Å². The summed E-state index contributed by atoms with van der Waals surface area (Å²) in [6.45, 7) is 3.22. The Morgan fingerprint density at radius 1 is 1.39 bits per heavy atom. The van der Waals surface area contributed by atoms with Crippen molar-refractivity contribution in [3.63, 3.8) is 0 Å². The van der Waals surface area contributed by atoms with Crippen LogP contribution < -0.4 is 11.1 Å². The SMILES string of the molecule is CCC(CN)CC(=O)NCCc1ccc(O)cc1. The number of nitrogens with two attached hydrogens (primary N) is 1. The molecule has 1 aromatic rings. The first-order chi connectivity index (χ1) is 8.65. The Hall–Kier alpha value is -1.55. The molecule has 0 aliphatic heterocycles. The minimum Gasteiger partial charge on any atom is -0.508 e. The zero-order valence-electron chi connectivity index (χ0n) is 10.9. The monoisotopic (exact) mass is 250 g/mol. The number of carbonyl (C=O) groups excluding carboxylic acids is 1. The normalized spacial score (nSPS) is 12.1. The van der Waals surface area contributed by atoms with Gasteiger partial charge in [-0.1, -0.05) is 25.5 Å². The van der Waals surface area contributed by atoms with Gasteiger partial charge in [0.25, 0.3) is 0 Å². The Bertz CT molecular complexity index is 359. The fourth-order valence-electron chi connectivity index (χ4n) is 1.74. The predicted octanol–water partition coefficient (Wildman–Crippen LogP) is 1.43. The zero-order valence-corrected chi connectivity index (χ0v) is 10.9. The number of aromatic hydroxyl groups is 1. The van der Waals surface area contributed by atoms with E-state index in [2.05, 4.69) is 5.32 Å². The van der Waals surface area contributed by atoms with Crippen molar-refractivity contribution in [3.8, 4) is 5.75 Å². The number of hydrogen-bond acceptors (Lipinski definition) is 3. The van der Waals surface area contributed by atoms with E-state index < -0.39 is 0 Å². The molecule has 0 aliphatic carbocycles. The molecule has 4 nitrogen and oxygen atoms in total. The van der Waals surface area contributed by atoms with Crippen molar-refractivity contribution in [1.29, 1.82) is 0 Å². The average Bonchev–Trinajstić information content (AvgIpc) is 2.38. The van der Waals surface area contributed by atoms with Crippen molar-refractivity contribution in [3.05, 3.63) is 29.8 Å². The average molecular weight is 250 g/mol. The van der Waals surface area contributed by atoms with Crippen LogP contribution in [0.25, 0.3) is 0 Å². The fourth-order valence-corrected chi connectivity index (χ4v) is 1.74. The maximum Gasteiger partial charge on any atom is 0.220 e. The van der Waals surface area contributed by atoms with Crippen LogP contribution in [0, 0.1) is 5.92 Å². The topological polar surface area (TPSA) is 75.4 Å². The van der Waals surface area contributed by atoms with Crippen LogP contribution in [-0.4, -0.2) is 24.1 Å². The van der Waals surface area contributed by atoms with E-state index in [4.69, 9.17) is 10.8 Å². The highest BCUT2D eigenvalue weighted by Crippen LogP contribution is 2.10. The first-order valence-electron chi connectivity index (χ1n) is 6.40. The fraction of sp³-hybridized carbons (Fsp3) is 0.500. The number of hydrogen-bond donors (Lipinski definition) is 3. The molecule has 0 bridgehead atoms. The van der Waals surface area contributed by atoms with Gasteiger partial charge in [-0.05, 0) is 36.6 Å². The quantitative estimate of drug-likeness (QED) is 0.685. The molecule has 1 unspecified atom stereocenters. The zero-order chi connectivity index (χ0) is 13.4. The molecule has 0 heterocycles. The molecule has 0 spiro atoms. The van der Waals surface area contributed by atoms with Crippen molar-refractivity contribution < 1.29 is 9.90 Å². The second kappa shape index (κ2) is 7.71. The molecule has 1 aromatic carbocycles. The highest BCUT2D eigenvalue weighted by Gasteiger charge is 2.09. The standard InChI is InChI=1S/C14H22N2O2/c1-2-11(10-15)9-14(18)16-8-7-12-3-5-13(17)6-4-12/h3-6,11,17H,2,7-10,15H2,1H3,(H,16,18). The molecular weight excluding hydrogens is 228 g/mol. The third kappa shape index (κ3) is 5.19. The first kappa shape index (κ1) is 14.5. The molecule has 0 saturated carbocycles. The van der Waals surface area contributed by atoms with Gasteiger partial charge in [0.15, 0.2) is 0 Å². The van der Waals surface area contributed by atoms with Crippen LogP contribution in [0.15, 0.2) is 24.3 Å². The summed E-state index contributed by atoms with van der Waals surface area (Å²) < 4.78 is 0. The molecule has 4 N–H and O–H groups in total. The van der Waals surface area contributed by atoms with Crippen LogP contribution in [0.2, 0.25) is 0 Å². The minimum atomic E-state index is 0.0612. The molecule has 100 valence electrons. The third-order valence-electron chi connectivity index (χ3n) is 3.06. The van der Waals surface area contributed by atoms with Crippen LogP contribution >= 0.6 is 0 Å². The van der Waals surface area contributed by atoms with Crippen LogP contribution in [-0.2, 0) is 11.2 Å². The van der Waals surface area contributed by atoms with Gasteiger partial charge in [-0.3, -0.25) is 4.79 Å². The number of phenols is 1. The van der Waals surface area contributed by atoms with Crippen molar-refractivity contribution in [2.75, 3.05) is 13.1 Å². The Balaban J connectivity index is 2.25. The van der Waals surface area contributed by atoms with E-state index in [1.54, 1.807) is 12.1 Å². The number of phenolic OH excluding ortho intramolecular Hbond substituents is 1. The number of benzene rings is 1. The van der Waals surface area contributed by atoms with Gasteiger partial charge >= 0.3 is 0 Å². The summed E-state index contributed by atoms with van der Waals surface area (Å²) in [6, 6.07) is 7.02. The molecule has 18 heavy (non-hydrogen) atoms. The van der Waals surface area contributed by atoms with Gasteiger partial charge in [-0.15, -0.1) is 0 Å². The van der Waals surface area contributed by atoms with E-state index in [1.807, 2.05) is 19.1 Å². The second-order valence-electron chi connectivity index (χ2n) is 4.48. The van der Waals surface area contributed by atoms with Gasteiger partial charge < -0.3 is 16.2 Å². The maximum atomic E-state index is 11.6. The number of nitrogens with one attached hydrogen (secondary N) is 1. The van der Waals surface area contributed by atoms with E-state index >= 15 is 0 Å². The van der Waals surface area contributed by atoms with E-state index in [9.17, 15) is 4.79 Å². The Kier molecular flexibility index (Phi) is 6.22. The largest absolute Gasteiger partial charge is 0.508 e. The number of rotatable bonds is 7. The lowest BCUT2D eigenvalue weighted by molar-refractivity contribution is -0.121. The van der Waals surface area contributed by atoms with Gasteiger partial charge in [-0.2, -0.15) is 0 Å². The van der Waals surface area contributed by atoms with E-state index in [1.165, 1.54) is 0 Å². The van der Waals surface area contributed by atoms with Crippen LogP contribution in [0.5, 0.6) is 5.75 Å². The van der Waals surface area contributed by atoms with Crippen LogP contribution in [0.4, 0.5) is 0 Å². The lowest BCUT2D eigenvalue weighted by Crippen LogP contribution is -2.29. The lowest BCUT2D eigenvalue weighted by atomic mass is 10.0. The predicted molar refractivity (Wildman–Crippen MR) is 72.3 cm³/mol. The molecule has 0 aliphatic rings. The molecule has 0 radical (unpaired) electrons. The van der Waals surface area contributed by atoms with Gasteiger partial charge in [0, 0.05) is 13.0 Å². The molecule has 4 heteroatoms. The summed E-state index contributed by atoms with van der Waals surface area (Å²) in [6.07, 6.45) is 2.20. The Morgan fingerprint density at radius 2 is 2.06 bits per heavy atom. The molecule has 0 aromatic heterocycles. The molecule has 1 amide bonds. The van der Waals surface area contributed by atoms with Gasteiger partial charge in [0.1, 0.15) is 5.75 Å². The summed E-state index contributed by atoms with van der Waals surface area (Å²) in [5.74, 6) is 0.598. The lowest BCUT2D eigenvalue weighted by Gasteiger charge is -2.11. The number of amides is 1. The third-order valence-corrected chi connectivity index (χ3v) is 3.06. The Morgan fingerprint density at radius 3 is 2.61 bits per heavy atom. The molecular formula is C14H22N2O2. The maximum absolute atomic E-state index is 11.6. The Labute approximate surface area is 108 Å². The molecule has 0 saturated heterocycles. The highest BCUT2D eigenvalue weighted by molar-refractivity contribution is 5.76. The second-order valence-corrected chi connectivity index (χ2v) is 4.48. The van der Waals surface area contributed by atoms with Crippen LogP contribution in [0.1, 0.15) is 25.3 Å². The van der Waals surface area contributed by atoms with Crippen molar-refractivity contribution in [1.82, 2.24) is 5.32 Å². The van der Waals surface area contributed by atoms with Crippen molar-refractivity contribution in [2.24, 2.45) is 11.7 Å². The summed E-state index contributed by atoms with van der Waals surface area (Å²) in [7, 11) is 0. The van der Waals surface area contributed by atoms with Crippen molar-refractivity contribution >= 4 is 5.91 Å². The van der Waals surface area contributed by atoms with E-state index in [0.29, 0.717) is 19.5 Å². The van der Waals surface area contributed by atoms with Gasteiger partial charge in [0.2, 0.25) is 5.91 Å². The first-order valence-corrected chi connectivity index (χ1v) is 6.40.